The van der Waals surface area contributed by atoms with Gasteiger partial charge >= 0.3 is 0 Å². The van der Waals surface area contributed by atoms with Crippen LogP contribution in [0.15, 0.2) is 35.3 Å². The van der Waals surface area contributed by atoms with E-state index in [9.17, 15) is 0 Å². The van der Waals surface area contributed by atoms with Crippen LogP contribution < -0.4 is 0 Å². The zero-order valence-electron chi connectivity index (χ0n) is 8.99. The molecule has 1 aliphatic rings. The molecule has 0 N–H and O–H groups in total. The van der Waals surface area contributed by atoms with E-state index in [0.717, 1.165) is 6.42 Å². The number of amidine groups is 1. The van der Waals surface area contributed by atoms with Crippen LogP contribution in [0.25, 0.3) is 0 Å². The van der Waals surface area contributed by atoms with Crippen LogP contribution in [0, 0.1) is 0 Å². The Labute approximate surface area is 85.3 Å². The maximum atomic E-state index is 4.52. The Kier molecular flexibility index (Phi) is 2.06. The Bertz CT molecular complexity index is 354. The summed E-state index contributed by atoms with van der Waals surface area (Å²) in [6, 6.07) is 10.5. The summed E-state index contributed by atoms with van der Waals surface area (Å²) < 4.78 is 0. The lowest BCUT2D eigenvalue weighted by Gasteiger charge is -2.13. The molecule has 1 unspecified atom stereocenters. The van der Waals surface area contributed by atoms with E-state index in [1.807, 2.05) is 6.07 Å². The number of hydrogen-bond acceptors (Lipinski definition) is 2. The van der Waals surface area contributed by atoms with Crippen LogP contribution in [0.3, 0.4) is 0 Å². The predicted molar refractivity (Wildman–Crippen MR) is 59.7 cm³/mol. The average molecular weight is 188 g/mol. The predicted octanol–water partition coefficient (Wildman–Crippen LogP) is 1.96. The summed E-state index contributed by atoms with van der Waals surface area (Å²) in [6.45, 7) is 2.19. The van der Waals surface area contributed by atoms with E-state index in [-0.39, 0.29) is 5.54 Å². The van der Waals surface area contributed by atoms with Crippen molar-refractivity contribution in [3.63, 3.8) is 0 Å². The molecule has 0 fully saturated rings. The first-order chi connectivity index (χ1) is 6.62. The second-order valence-corrected chi connectivity index (χ2v) is 4.27. The van der Waals surface area contributed by atoms with Crippen molar-refractivity contribution < 1.29 is 0 Å². The lowest BCUT2D eigenvalue weighted by Crippen LogP contribution is -2.27. The molecule has 0 radical (unpaired) electrons. The Morgan fingerprint density at radius 2 is 1.86 bits per heavy atom. The minimum absolute atomic E-state index is 0.0604. The first-order valence-corrected chi connectivity index (χ1v) is 4.93. The molecule has 74 valence electrons. The SMILES string of the molecule is CN(C)C1=NC1(C)Cc1ccccc1. The molecule has 0 saturated heterocycles. The molecule has 1 aromatic carbocycles. The topological polar surface area (TPSA) is 15.6 Å². The van der Waals surface area contributed by atoms with E-state index in [0.29, 0.717) is 0 Å². The van der Waals surface area contributed by atoms with Crippen molar-refractivity contribution in [2.45, 2.75) is 18.9 Å². The van der Waals surface area contributed by atoms with Crippen molar-refractivity contribution in [1.82, 2.24) is 4.90 Å². The minimum Gasteiger partial charge on any atom is -0.364 e. The molecule has 1 aliphatic heterocycles. The van der Waals surface area contributed by atoms with E-state index in [2.05, 4.69) is 55.2 Å². The molecule has 14 heavy (non-hydrogen) atoms. The molecule has 1 heterocycles. The molecule has 0 amide bonds. The summed E-state index contributed by atoms with van der Waals surface area (Å²) in [5.74, 6) is 1.21. The monoisotopic (exact) mass is 188 g/mol. The molecule has 0 aromatic heterocycles. The van der Waals surface area contributed by atoms with Crippen LogP contribution in [0.2, 0.25) is 0 Å². The largest absolute Gasteiger partial charge is 0.364 e. The second-order valence-electron chi connectivity index (χ2n) is 4.27. The van der Waals surface area contributed by atoms with Gasteiger partial charge in [0, 0.05) is 20.5 Å². The van der Waals surface area contributed by atoms with Gasteiger partial charge in [-0.05, 0) is 12.5 Å². The van der Waals surface area contributed by atoms with Crippen LogP contribution in [0.1, 0.15) is 12.5 Å². The Balaban J connectivity index is 2.02. The van der Waals surface area contributed by atoms with Crippen molar-refractivity contribution in [2.24, 2.45) is 4.99 Å². The average Bonchev–Trinajstić information content (AvgIpc) is 2.79. The van der Waals surface area contributed by atoms with E-state index in [4.69, 9.17) is 0 Å². The minimum atomic E-state index is 0.0604. The van der Waals surface area contributed by atoms with Gasteiger partial charge in [0.25, 0.3) is 0 Å². The van der Waals surface area contributed by atoms with E-state index in [1.54, 1.807) is 0 Å². The van der Waals surface area contributed by atoms with Crippen molar-refractivity contribution in [3.05, 3.63) is 35.9 Å². The standard InChI is InChI=1S/C12H16N2/c1-12(11(13-12)14(2)3)9-10-7-5-4-6-8-10/h4-8H,9H2,1-3H3. The van der Waals surface area contributed by atoms with Crippen molar-refractivity contribution >= 4 is 5.84 Å². The molecular weight excluding hydrogens is 172 g/mol. The highest BCUT2D eigenvalue weighted by atomic mass is 15.3. The fourth-order valence-electron chi connectivity index (χ4n) is 1.90. The van der Waals surface area contributed by atoms with Crippen LogP contribution in [0.5, 0.6) is 0 Å². The van der Waals surface area contributed by atoms with Gasteiger partial charge in [-0.3, -0.25) is 4.99 Å². The number of benzene rings is 1. The molecule has 0 spiro atoms. The van der Waals surface area contributed by atoms with E-state index >= 15 is 0 Å². The van der Waals surface area contributed by atoms with Crippen molar-refractivity contribution in [1.29, 1.82) is 0 Å². The molecule has 2 rings (SSSR count). The third-order valence-electron chi connectivity index (χ3n) is 2.60. The van der Waals surface area contributed by atoms with Gasteiger partial charge in [-0.15, -0.1) is 0 Å². The van der Waals surface area contributed by atoms with Crippen LogP contribution >= 0.6 is 0 Å². The van der Waals surface area contributed by atoms with Crippen LogP contribution in [-0.4, -0.2) is 30.4 Å². The molecule has 1 atom stereocenters. The van der Waals surface area contributed by atoms with E-state index < -0.39 is 0 Å². The molecule has 0 aliphatic carbocycles. The number of hydrogen-bond donors (Lipinski definition) is 0. The maximum Gasteiger partial charge on any atom is 0.128 e. The van der Waals surface area contributed by atoms with Gasteiger partial charge < -0.3 is 4.90 Å². The lowest BCUT2D eigenvalue weighted by molar-refractivity contribution is 0.596. The number of likely N-dealkylation sites (N-methyl/N-ethyl adjacent to an activating group) is 1. The summed E-state index contributed by atoms with van der Waals surface area (Å²) in [7, 11) is 4.10. The molecule has 2 nitrogen and oxygen atoms in total. The molecular formula is C12H16N2. The Hall–Kier alpha value is -1.31. The summed E-state index contributed by atoms with van der Waals surface area (Å²) in [5.41, 5.74) is 1.42. The van der Waals surface area contributed by atoms with Gasteiger partial charge in [-0.2, -0.15) is 0 Å². The van der Waals surface area contributed by atoms with E-state index in [1.165, 1.54) is 11.4 Å². The first-order valence-electron chi connectivity index (χ1n) is 4.93. The smallest absolute Gasteiger partial charge is 0.128 e. The summed E-state index contributed by atoms with van der Waals surface area (Å²) >= 11 is 0. The normalized spacial score (nSPS) is 24.4. The Morgan fingerprint density at radius 3 is 2.36 bits per heavy atom. The fourth-order valence-corrected chi connectivity index (χ4v) is 1.90. The van der Waals surface area contributed by atoms with Crippen molar-refractivity contribution in [2.75, 3.05) is 14.1 Å². The maximum absolute atomic E-state index is 4.52. The second kappa shape index (κ2) is 3.12. The summed E-state index contributed by atoms with van der Waals surface area (Å²) in [4.78, 5) is 6.62. The van der Waals surface area contributed by atoms with Crippen LogP contribution in [-0.2, 0) is 6.42 Å². The number of aliphatic imine (C=N–C) groups is 1. The highest BCUT2D eigenvalue weighted by Gasteiger charge is 2.43. The molecule has 2 heteroatoms. The molecule has 1 aromatic rings. The number of nitrogens with zero attached hydrogens (tertiary/aromatic N) is 2. The van der Waals surface area contributed by atoms with Gasteiger partial charge in [-0.1, -0.05) is 30.3 Å². The van der Waals surface area contributed by atoms with Crippen LogP contribution in [0.4, 0.5) is 0 Å². The summed E-state index contributed by atoms with van der Waals surface area (Å²) in [6.07, 6.45) is 1.02. The molecule has 0 saturated carbocycles. The quantitative estimate of drug-likeness (QED) is 0.692. The van der Waals surface area contributed by atoms with Gasteiger partial charge in [0.2, 0.25) is 0 Å². The molecule has 0 bridgehead atoms. The first kappa shape index (κ1) is 9.25. The van der Waals surface area contributed by atoms with Gasteiger partial charge in [0.1, 0.15) is 11.4 Å². The van der Waals surface area contributed by atoms with Gasteiger partial charge in [0.15, 0.2) is 0 Å². The van der Waals surface area contributed by atoms with Crippen molar-refractivity contribution in [3.8, 4) is 0 Å². The fraction of sp³-hybridized carbons (Fsp3) is 0.417. The van der Waals surface area contributed by atoms with Gasteiger partial charge in [-0.25, -0.2) is 0 Å². The highest BCUT2D eigenvalue weighted by molar-refractivity contribution is 6.03. The Morgan fingerprint density at radius 1 is 1.21 bits per heavy atom. The van der Waals surface area contributed by atoms with Gasteiger partial charge in [0.05, 0.1) is 0 Å². The number of rotatable bonds is 2. The third kappa shape index (κ3) is 1.65. The summed E-state index contributed by atoms with van der Waals surface area (Å²) in [5, 5.41) is 0. The zero-order valence-corrected chi connectivity index (χ0v) is 8.99. The highest BCUT2D eigenvalue weighted by Crippen LogP contribution is 2.32. The third-order valence-corrected chi connectivity index (χ3v) is 2.60. The lowest BCUT2D eigenvalue weighted by atomic mass is 9.98. The zero-order chi connectivity index (χ0) is 10.2.